The molecule has 0 radical (unpaired) electrons. The Bertz CT molecular complexity index is 1920. The number of piperidine rings is 1. The molecule has 2 N–H and O–H groups in total. The predicted octanol–water partition coefficient (Wildman–Crippen LogP) is 7.92. The molecule has 1 fully saturated rings. The third-order valence-electron chi connectivity index (χ3n) is 9.38. The van der Waals surface area contributed by atoms with Crippen LogP contribution in [0.3, 0.4) is 0 Å². The van der Waals surface area contributed by atoms with Gasteiger partial charge in [0.25, 0.3) is 0 Å². The third kappa shape index (κ3) is 6.36. The molecule has 0 saturated carbocycles. The number of benzene rings is 3. The van der Waals surface area contributed by atoms with E-state index in [0.29, 0.717) is 34.4 Å². The van der Waals surface area contributed by atoms with E-state index < -0.39 is 0 Å². The summed E-state index contributed by atoms with van der Waals surface area (Å²) in [5.41, 5.74) is 5.68. The molecule has 3 aromatic carbocycles. The average molecular weight is 647 g/mol. The summed E-state index contributed by atoms with van der Waals surface area (Å²) in [5.74, 6) is 0.854. The van der Waals surface area contributed by atoms with Crippen molar-refractivity contribution in [2.75, 3.05) is 30.3 Å². The second kappa shape index (κ2) is 12.9. The lowest BCUT2D eigenvalue weighted by atomic mass is 9.98. The maximum Gasteiger partial charge on any atom is 0.124 e. The number of hydrogen-bond acceptors (Lipinski definition) is 8. The summed E-state index contributed by atoms with van der Waals surface area (Å²) >= 11 is 6.91. The number of anilines is 2. The van der Waals surface area contributed by atoms with E-state index in [0.717, 1.165) is 66.0 Å². The number of fused-ring (bicyclic) bond motifs is 2. The molecule has 1 saturated heterocycles. The highest BCUT2D eigenvalue weighted by Crippen LogP contribution is 2.40. The minimum atomic E-state index is -0.279. The number of aromatic nitrogens is 4. The van der Waals surface area contributed by atoms with Crippen molar-refractivity contribution in [3.05, 3.63) is 107 Å². The molecule has 5 aromatic rings. The van der Waals surface area contributed by atoms with Crippen LogP contribution in [-0.2, 0) is 0 Å². The second-order valence-corrected chi connectivity index (χ2v) is 13.8. The molecular weight excluding hydrogens is 608 g/mol. The van der Waals surface area contributed by atoms with Crippen molar-refractivity contribution in [1.29, 1.82) is 5.26 Å². The minimum Gasteiger partial charge on any atom is -0.493 e. The third-order valence-corrected chi connectivity index (χ3v) is 9.67. The van der Waals surface area contributed by atoms with Gasteiger partial charge in [-0.2, -0.15) is 5.26 Å². The summed E-state index contributed by atoms with van der Waals surface area (Å²) in [4.78, 5) is 7.12. The number of hydrogen-bond donors (Lipinski definition) is 2. The Morgan fingerprint density at radius 1 is 1.02 bits per heavy atom. The van der Waals surface area contributed by atoms with Gasteiger partial charge in [-0.3, -0.25) is 9.88 Å². The van der Waals surface area contributed by atoms with Gasteiger partial charge in [-0.05, 0) is 57.4 Å². The Hall–Kier alpha value is -4.65. The van der Waals surface area contributed by atoms with Gasteiger partial charge in [-0.25, -0.2) is 4.68 Å². The lowest BCUT2D eigenvalue weighted by molar-refractivity contribution is 0.0866. The lowest BCUT2D eigenvalue weighted by Gasteiger charge is -2.40. The summed E-state index contributed by atoms with van der Waals surface area (Å²) in [7, 11) is 0. The molecule has 10 heteroatoms. The van der Waals surface area contributed by atoms with E-state index in [1.54, 1.807) is 6.20 Å². The summed E-state index contributed by atoms with van der Waals surface area (Å²) in [6, 6.07) is 24.5. The first-order chi connectivity index (χ1) is 22.8. The van der Waals surface area contributed by atoms with E-state index in [-0.39, 0.29) is 17.6 Å². The maximum absolute atomic E-state index is 10.1. The molecule has 0 aliphatic carbocycles. The van der Waals surface area contributed by atoms with Crippen molar-refractivity contribution in [2.24, 2.45) is 0 Å². The number of nitrogens with zero attached hydrogens (tertiary/aromatic N) is 6. The van der Waals surface area contributed by atoms with Crippen LogP contribution in [0.25, 0.3) is 10.9 Å². The van der Waals surface area contributed by atoms with Gasteiger partial charge in [0.05, 0.1) is 52.7 Å². The van der Waals surface area contributed by atoms with Crippen LogP contribution in [0.2, 0.25) is 5.02 Å². The topological polar surface area (TPSA) is 104 Å². The summed E-state index contributed by atoms with van der Waals surface area (Å²) in [5, 5.41) is 28.1. The Morgan fingerprint density at radius 2 is 1.79 bits per heavy atom. The van der Waals surface area contributed by atoms with Crippen LogP contribution in [0.15, 0.2) is 79.1 Å². The Kier molecular flexibility index (Phi) is 8.48. The molecule has 240 valence electrons. The van der Waals surface area contributed by atoms with Gasteiger partial charge in [0.1, 0.15) is 17.5 Å². The molecule has 2 aliphatic heterocycles. The lowest BCUT2D eigenvalue weighted by Crippen LogP contribution is -2.46. The van der Waals surface area contributed by atoms with Gasteiger partial charge in [0.15, 0.2) is 0 Å². The number of para-hydroxylation sites is 1. The molecular formula is C37H39ClN8O. The monoisotopic (exact) mass is 646 g/mol. The van der Waals surface area contributed by atoms with Crippen molar-refractivity contribution in [3.63, 3.8) is 0 Å². The van der Waals surface area contributed by atoms with Crippen molar-refractivity contribution < 1.29 is 4.74 Å². The van der Waals surface area contributed by atoms with E-state index in [2.05, 4.69) is 82.1 Å². The van der Waals surface area contributed by atoms with Crippen LogP contribution in [0.4, 0.5) is 11.4 Å². The zero-order valence-corrected chi connectivity index (χ0v) is 27.7. The first-order valence-corrected chi connectivity index (χ1v) is 16.6. The standard InChI is InChI=1S/C37H39ClN8O/c1-37(2,3)45-16-13-27(14-17-45)46-23-32(43-44-46)35(24-9-5-4-6-10-24)41-26-19-29-34(25(21-39)22-40-36(29)30(38)20-26)42-31-15-18-47-33-12-8-7-11-28(31)33/h4-12,19-20,22-23,27,31,35,41H,13-18H2,1-3H3,(H,40,42)/t31-,35?/m1/s1. The average Bonchev–Trinajstić information content (AvgIpc) is 3.58. The Balaban J connectivity index is 1.22. The van der Waals surface area contributed by atoms with Crippen LogP contribution in [0.1, 0.15) is 80.5 Å². The molecule has 0 bridgehead atoms. The summed E-state index contributed by atoms with van der Waals surface area (Å²) in [6.07, 6.45) is 6.50. The highest BCUT2D eigenvalue weighted by atomic mass is 35.5. The van der Waals surface area contributed by atoms with E-state index in [1.165, 1.54) is 0 Å². The van der Waals surface area contributed by atoms with Crippen molar-refractivity contribution in [1.82, 2.24) is 24.9 Å². The van der Waals surface area contributed by atoms with Crippen LogP contribution in [-0.4, -0.2) is 50.1 Å². The quantitative estimate of drug-likeness (QED) is 0.184. The molecule has 9 nitrogen and oxygen atoms in total. The first kappa shape index (κ1) is 31.0. The predicted molar refractivity (Wildman–Crippen MR) is 186 cm³/mol. The fourth-order valence-corrected chi connectivity index (χ4v) is 7.06. The molecule has 0 amide bonds. The number of nitriles is 1. The first-order valence-electron chi connectivity index (χ1n) is 16.3. The number of pyridine rings is 1. The number of nitrogens with one attached hydrogen (secondary N) is 2. The van der Waals surface area contributed by atoms with E-state index in [9.17, 15) is 5.26 Å². The Labute approximate surface area is 280 Å². The van der Waals surface area contributed by atoms with E-state index in [1.807, 2.05) is 53.2 Å². The van der Waals surface area contributed by atoms with Gasteiger partial charge in [0, 0.05) is 47.9 Å². The van der Waals surface area contributed by atoms with Crippen molar-refractivity contribution in [3.8, 4) is 11.8 Å². The molecule has 47 heavy (non-hydrogen) atoms. The molecule has 2 aliphatic rings. The Morgan fingerprint density at radius 3 is 2.55 bits per heavy atom. The summed E-state index contributed by atoms with van der Waals surface area (Å²) in [6.45, 7) is 9.48. The van der Waals surface area contributed by atoms with Crippen LogP contribution < -0.4 is 15.4 Å². The zero-order valence-electron chi connectivity index (χ0n) is 26.9. The highest BCUT2D eigenvalue weighted by Gasteiger charge is 2.29. The molecule has 1 unspecified atom stereocenters. The van der Waals surface area contributed by atoms with Crippen molar-refractivity contribution >= 4 is 33.9 Å². The molecule has 2 aromatic heterocycles. The molecule has 0 spiro atoms. The number of halogens is 1. The second-order valence-electron chi connectivity index (χ2n) is 13.4. The fourth-order valence-electron chi connectivity index (χ4n) is 6.79. The van der Waals surface area contributed by atoms with Crippen molar-refractivity contribution in [2.45, 2.75) is 63.7 Å². The van der Waals surface area contributed by atoms with Gasteiger partial charge in [-0.1, -0.05) is 65.3 Å². The van der Waals surface area contributed by atoms with Gasteiger partial charge in [-0.15, -0.1) is 5.10 Å². The van der Waals surface area contributed by atoms with Gasteiger partial charge in [0.2, 0.25) is 0 Å². The minimum absolute atomic E-state index is 0.0320. The number of rotatable bonds is 7. The highest BCUT2D eigenvalue weighted by molar-refractivity contribution is 6.35. The maximum atomic E-state index is 10.1. The zero-order chi connectivity index (χ0) is 32.5. The molecule has 4 heterocycles. The SMILES string of the molecule is CC(C)(C)N1CCC(n2cc(C(Nc3cc(Cl)c4ncc(C#N)c(N[C@@H]5CCOc6ccccc65)c4c3)c3ccccc3)nn2)CC1. The number of likely N-dealkylation sites (tertiary alicyclic amines) is 1. The van der Waals surface area contributed by atoms with Gasteiger partial charge < -0.3 is 15.4 Å². The van der Waals surface area contributed by atoms with Crippen LogP contribution in [0, 0.1) is 11.3 Å². The molecule has 2 atom stereocenters. The van der Waals surface area contributed by atoms with Gasteiger partial charge >= 0.3 is 0 Å². The normalized spacial score (nSPS) is 17.8. The smallest absolute Gasteiger partial charge is 0.124 e. The largest absolute Gasteiger partial charge is 0.493 e. The van der Waals surface area contributed by atoms with Crippen LogP contribution in [0.5, 0.6) is 5.75 Å². The van der Waals surface area contributed by atoms with E-state index in [4.69, 9.17) is 16.3 Å². The number of ether oxygens (including phenoxy) is 1. The molecule has 7 rings (SSSR count). The van der Waals surface area contributed by atoms with E-state index >= 15 is 0 Å². The summed E-state index contributed by atoms with van der Waals surface area (Å²) < 4.78 is 7.94. The fraction of sp³-hybridized carbons (Fsp3) is 0.351. The van der Waals surface area contributed by atoms with Crippen LogP contribution >= 0.6 is 11.6 Å².